The van der Waals surface area contributed by atoms with Crippen LogP contribution >= 0.6 is 0 Å². The van der Waals surface area contributed by atoms with Crippen LogP contribution in [0.15, 0.2) is 79.4 Å². The summed E-state index contributed by atoms with van der Waals surface area (Å²) in [6.07, 6.45) is 14.8. The van der Waals surface area contributed by atoms with Crippen molar-refractivity contribution >= 4 is 0 Å². The molecule has 0 aromatic heterocycles. The summed E-state index contributed by atoms with van der Waals surface area (Å²) in [5, 5.41) is 0. The number of rotatable bonds is 13. The van der Waals surface area contributed by atoms with Crippen molar-refractivity contribution in [1.29, 1.82) is 0 Å². The second kappa shape index (κ2) is 14.3. The Hall–Kier alpha value is -2.71. The van der Waals surface area contributed by atoms with Gasteiger partial charge in [-0.2, -0.15) is 0 Å². The number of halogens is 1. The Labute approximate surface area is 223 Å². The average molecular weight is 499 g/mol. The van der Waals surface area contributed by atoms with E-state index in [1.165, 1.54) is 50.5 Å². The van der Waals surface area contributed by atoms with Crippen molar-refractivity contribution in [3.8, 4) is 22.3 Å². The minimum absolute atomic E-state index is 0.177. The first-order chi connectivity index (χ1) is 18.2. The van der Waals surface area contributed by atoms with Gasteiger partial charge in [0.05, 0.1) is 6.61 Å². The summed E-state index contributed by atoms with van der Waals surface area (Å²) in [5.41, 5.74) is 6.00. The Balaban J connectivity index is 1.26. The van der Waals surface area contributed by atoms with Crippen molar-refractivity contribution in [3.05, 3.63) is 96.3 Å². The molecule has 1 fully saturated rings. The fourth-order valence-corrected chi connectivity index (χ4v) is 5.48. The molecule has 0 amide bonds. The summed E-state index contributed by atoms with van der Waals surface area (Å²) < 4.78 is 20.8. The first-order valence-corrected chi connectivity index (χ1v) is 14.3. The van der Waals surface area contributed by atoms with Crippen LogP contribution in [-0.2, 0) is 17.8 Å². The second-order valence-corrected chi connectivity index (χ2v) is 10.8. The molecule has 1 aliphatic rings. The monoisotopic (exact) mass is 498 g/mol. The van der Waals surface area contributed by atoms with Crippen LogP contribution in [0.4, 0.5) is 4.39 Å². The minimum Gasteiger partial charge on any atom is -0.377 e. The maximum Gasteiger partial charge on any atom is 0.131 e. The minimum atomic E-state index is -0.177. The van der Waals surface area contributed by atoms with Crippen molar-refractivity contribution in [1.82, 2.24) is 0 Å². The summed E-state index contributed by atoms with van der Waals surface area (Å²) in [6.45, 7) is 7.54. The molecule has 1 aliphatic carbocycles. The van der Waals surface area contributed by atoms with Gasteiger partial charge in [0.15, 0.2) is 0 Å². The lowest BCUT2D eigenvalue weighted by Gasteiger charge is -2.26. The van der Waals surface area contributed by atoms with Gasteiger partial charge in [0.1, 0.15) is 5.82 Å². The molecule has 37 heavy (non-hydrogen) atoms. The van der Waals surface area contributed by atoms with E-state index in [4.69, 9.17) is 4.74 Å². The van der Waals surface area contributed by atoms with E-state index in [9.17, 15) is 0 Å². The van der Waals surface area contributed by atoms with E-state index in [-0.39, 0.29) is 5.82 Å². The zero-order valence-corrected chi connectivity index (χ0v) is 22.6. The molecule has 0 saturated heterocycles. The van der Waals surface area contributed by atoms with Gasteiger partial charge in [-0.05, 0) is 90.7 Å². The van der Waals surface area contributed by atoms with Crippen molar-refractivity contribution in [2.75, 3.05) is 6.61 Å². The predicted octanol–water partition coefficient (Wildman–Crippen LogP) is 10.2. The van der Waals surface area contributed by atoms with Crippen LogP contribution in [0.3, 0.4) is 0 Å². The molecule has 196 valence electrons. The average Bonchev–Trinajstić information content (AvgIpc) is 2.94. The summed E-state index contributed by atoms with van der Waals surface area (Å²) in [7, 11) is 0. The lowest BCUT2D eigenvalue weighted by Crippen LogP contribution is -2.12. The Morgan fingerprint density at radius 2 is 1.49 bits per heavy atom. The van der Waals surface area contributed by atoms with Crippen molar-refractivity contribution in [3.63, 3.8) is 0 Å². The van der Waals surface area contributed by atoms with Gasteiger partial charge in [-0.15, -0.1) is 6.58 Å². The van der Waals surface area contributed by atoms with E-state index in [0.29, 0.717) is 12.2 Å². The van der Waals surface area contributed by atoms with Crippen LogP contribution in [0.2, 0.25) is 0 Å². The zero-order chi connectivity index (χ0) is 25.9. The molecular formula is C35H43FO. The van der Waals surface area contributed by atoms with Gasteiger partial charge in [-0.1, -0.05) is 92.9 Å². The standard InChI is InChI=1S/C35H43FO/c1-3-5-24-37-26-30-16-18-31(19-17-30)33-22-23-34(35(36)25-33)32-20-14-29(15-21-32)9-7-6-8-28-12-10-27(4-2)11-13-28/h4,14-23,25,27-28H,2-3,5-13,24,26H2,1H3/t27-,28-. The molecule has 0 bridgehead atoms. The SMILES string of the molecule is C=C[C@H]1CC[C@H](CCCCc2ccc(-c3ccc(-c4ccc(COCCCC)cc4)cc3F)cc2)CC1. The van der Waals surface area contributed by atoms with E-state index in [0.717, 1.165) is 60.0 Å². The number of aryl methyl sites for hydroxylation is 1. The number of unbranched alkanes of at least 4 members (excludes halogenated alkanes) is 2. The highest BCUT2D eigenvalue weighted by atomic mass is 19.1. The number of allylic oxidation sites excluding steroid dienone is 1. The van der Waals surface area contributed by atoms with E-state index in [2.05, 4.69) is 56.0 Å². The third-order valence-corrected chi connectivity index (χ3v) is 7.98. The molecule has 0 N–H and O–H groups in total. The molecule has 3 aromatic rings. The van der Waals surface area contributed by atoms with Crippen molar-refractivity contribution in [2.45, 2.75) is 77.7 Å². The second-order valence-electron chi connectivity index (χ2n) is 10.8. The third-order valence-electron chi connectivity index (χ3n) is 7.98. The van der Waals surface area contributed by atoms with Gasteiger partial charge in [-0.25, -0.2) is 4.39 Å². The van der Waals surface area contributed by atoms with Gasteiger partial charge in [0.25, 0.3) is 0 Å². The molecule has 1 saturated carbocycles. The number of hydrogen-bond donors (Lipinski definition) is 0. The fourth-order valence-electron chi connectivity index (χ4n) is 5.48. The number of ether oxygens (including phenoxy) is 1. The van der Waals surface area contributed by atoms with E-state index < -0.39 is 0 Å². The summed E-state index contributed by atoms with van der Waals surface area (Å²) in [6, 6.07) is 22.3. The number of hydrogen-bond acceptors (Lipinski definition) is 1. The third kappa shape index (κ3) is 8.14. The van der Waals surface area contributed by atoms with Gasteiger partial charge < -0.3 is 4.74 Å². The van der Waals surface area contributed by atoms with Gasteiger partial charge in [-0.3, -0.25) is 0 Å². The largest absolute Gasteiger partial charge is 0.377 e. The normalized spacial score (nSPS) is 17.6. The molecule has 4 rings (SSSR count). The lowest BCUT2D eigenvalue weighted by molar-refractivity contribution is 0.118. The van der Waals surface area contributed by atoms with E-state index in [1.54, 1.807) is 6.07 Å². The van der Waals surface area contributed by atoms with Crippen LogP contribution in [0, 0.1) is 17.7 Å². The highest BCUT2D eigenvalue weighted by Gasteiger charge is 2.18. The maximum absolute atomic E-state index is 15.1. The van der Waals surface area contributed by atoms with Crippen molar-refractivity contribution < 1.29 is 9.13 Å². The molecule has 2 heteroatoms. The summed E-state index contributed by atoms with van der Waals surface area (Å²) >= 11 is 0. The lowest BCUT2D eigenvalue weighted by atomic mass is 9.80. The molecule has 3 aromatic carbocycles. The Morgan fingerprint density at radius 3 is 2.16 bits per heavy atom. The number of benzene rings is 3. The van der Waals surface area contributed by atoms with E-state index >= 15 is 4.39 Å². The fraction of sp³-hybridized carbons (Fsp3) is 0.429. The van der Waals surface area contributed by atoms with Crippen LogP contribution in [0.5, 0.6) is 0 Å². The Morgan fingerprint density at radius 1 is 0.811 bits per heavy atom. The topological polar surface area (TPSA) is 9.23 Å². The molecule has 0 spiro atoms. The van der Waals surface area contributed by atoms with Gasteiger partial charge in [0, 0.05) is 12.2 Å². The predicted molar refractivity (Wildman–Crippen MR) is 155 cm³/mol. The maximum atomic E-state index is 15.1. The molecule has 0 aliphatic heterocycles. The van der Waals surface area contributed by atoms with E-state index in [1.807, 2.05) is 24.3 Å². The first kappa shape index (κ1) is 27.3. The molecule has 0 unspecified atom stereocenters. The first-order valence-electron chi connectivity index (χ1n) is 14.3. The smallest absolute Gasteiger partial charge is 0.131 e. The molecule has 0 heterocycles. The van der Waals surface area contributed by atoms with Crippen LogP contribution in [-0.4, -0.2) is 6.61 Å². The van der Waals surface area contributed by atoms with Crippen LogP contribution < -0.4 is 0 Å². The summed E-state index contributed by atoms with van der Waals surface area (Å²) in [5.74, 6) is 1.48. The molecule has 0 radical (unpaired) electrons. The Bertz CT molecular complexity index is 1090. The molecule has 0 atom stereocenters. The van der Waals surface area contributed by atoms with Crippen LogP contribution in [0.25, 0.3) is 22.3 Å². The molecular weight excluding hydrogens is 455 g/mol. The highest BCUT2D eigenvalue weighted by molar-refractivity contribution is 5.71. The van der Waals surface area contributed by atoms with Crippen molar-refractivity contribution in [2.24, 2.45) is 11.8 Å². The van der Waals surface area contributed by atoms with Crippen LogP contribution in [0.1, 0.15) is 75.8 Å². The summed E-state index contributed by atoms with van der Waals surface area (Å²) in [4.78, 5) is 0. The van der Waals surface area contributed by atoms with Gasteiger partial charge in [0.2, 0.25) is 0 Å². The quantitative estimate of drug-likeness (QED) is 0.168. The zero-order valence-electron chi connectivity index (χ0n) is 22.6. The Kier molecular flexibility index (Phi) is 10.6. The highest BCUT2D eigenvalue weighted by Crippen LogP contribution is 2.33. The van der Waals surface area contributed by atoms with Gasteiger partial charge >= 0.3 is 0 Å². The molecule has 1 nitrogen and oxygen atoms in total.